The van der Waals surface area contributed by atoms with E-state index in [0.717, 1.165) is 16.2 Å². The summed E-state index contributed by atoms with van der Waals surface area (Å²) in [6, 6.07) is 0. The molecule has 0 atom stereocenters. The van der Waals surface area contributed by atoms with Crippen LogP contribution in [0.2, 0.25) is 0 Å². The van der Waals surface area contributed by atoms with Gasteiger partial charge < -0.3 is 5.11 Å². The van der Waals surface area contributed by atoms with Gasteiger partial charge in [-0.25, -0.2) is 21.6 Å². The van der Waals surface area contributed by atoms with Crippen LogP contribution in [0.1, 0.15) is 0 Å². The first kappa shape index (κ1) is 16.7. The number of aliphatic carboxylic acids is 1. The van der Waals surface area contributed by atoms with Crippen molar-refractivity contribution >= 4 is 50.2 Å². The van der Waals surface area contributed by atoms with Crippen molar-refractivity contribution < 1.29 is 26.7 Å². The van der Waals surface area contributed by atoms with Crippen LogP contribution in [0.25, 0.3) is 0 Å². The van der Waals surface area contributed by atoms with Crippen molar-refractivity contribution in [1.29, 1.82) is 0 Å². The van der Waals surface area contributed by atoms with Gasteiger partial charge in [0.15, 0.2) is 9.84 Å². The van der Waals surface area contributed by atoms with Gasteiger partial charge in [0.1, 0.15) is 4.24 Å². The number of halogens is 1. The molecule has 1 heterocycles. The highest BCUT2D eigenvalue weighted by Crippen LogP contribution is 2.37. The average Bonchev–Trinajstić information content (AvgIpc) is 2.44. The van der Waals surface area contributed by atoms with Gasteiger partial charge in [0.05, 0.1) is 18.4 Å². The third-order valence-corrected chi connectivity index (χ3v) is 6.38. The number of sulfone groups is 1. The minimum atomic E-state index is -3.73. The fourth-order valence-electron chi connectivity index (χ4n) is 1.00. The number of hydrogen-bond acceptors (Lipinski definition) is 6. The Bertz CT molecular complexity index is 563. The fraction of sp³-hybridized carbons (Fsp3) is 0.500. The molecule has 0 aromatic carbocycles. The Morgan fingerprint density at radius 2 is 1.76 bits per heavy atom. The molecule has 0 aromatic heterocycles. The van der Waals surface area contributed by atoms with Crippen LogP contribution in [-0.2, 0) is 24.7 Å². The lowest BCUT2D eigenvalue weighted by molar-refractivity contribution is -0.132. The zero-order valence-corrected chi connectivity index (χ0v) is 12.0. The van der Waals surface area contributed by atoms with Gasteiger partial charge in [0, 0.05) is 6.26 Å². The van der Waals surface area contributed by atoms with E-state index in [2.05, 4.69) is 0 Å². The first-order chi connectivity index (χ1) is 7.03. The van der Waals surface area contributed by atoms with Crippen LogP contribution in [-0.4, -0.2) is 50.7 Å². The quantitative estimate of drug-likeness (QED) is 0.708. The lowest BCUT2D eigenvalue weighted by Crippen LogP contribution is -2.23. The summed E-state index contributed by atoms with van der Waals surface area (Å²) in [6.07, 6.45) is 1.72. The van der Waals surface area contributed by atoms with E-state index in [-0.39, 0.29) is 12.4 Å². The molecule has 0 aliphatic carbocycles. The van der Waals surface area contributed by atoms with Gasteiger partial charge in [0.25, 0.3) is 0 Å². The summed E-state index contributed by atoms with van der Waals surface area (Å²) in [7, 11) is -7.37. The van der Waals surface area contributed by atoms with Gasteiger partial charge in [-0.05, 0) is 11.9 Å². The van der Waals surface area contributed by atoms with Crippen LogP contribution in [0.15, 0.2) is 9.81 Å². The molecule has 11 heteroatoms. The minimum Gasteiger partial charge on any atom is -0.478 e. The van der Waals surface area contributed by atoms with Crippen LogP contribution in [0.3, 0.4) is 0 Å². The molecular weight excluding hydrogens is 314 g/mol. The van der Waals surface area contributed by atoms with E-state index in [4.69, 9.17) is 5.11 Å². The molecular formula is C6H10ClNO6S3. The highest BCUT2D eigenvalue weighted by Gasteiger charge is 2.37. The summed E-state index contributed by atoms with van der Waals surface area (Å²) >= 11 is 0.417. The molecule has 0 unspecified atom stereocenters. The Kier molecular flexibility index (Phi) is 5.06. The largest absolute Gasteiger partial charge is 0.478 e. The average molecular weight is 324 g/mol. The summed E-state index contributed by atoms with van der Waals surface area (Å²) in [4.78, 5) is 10.8. The lowest BCUT2D eigenvalue weighted by Gasteiger charge is -2.10. The maximum atomic E-state index is 11.3. The Labute approximate surface area is 109 Å². The zero-order valence-electron chi connectivity index (χ0n) is 8.78. The summed E-state index contributed by atoms with van der Waals surface area (Å²) in [5.41, 5.74) is -0.419. The second-order valence-corrected chi connectivity index (χ2v) is 8.54. The van der Waals surface area contributed by atoms with Gasteiger partial charge in [-0.2, -0.15) is 0 Å². The second kappa shape index (κ2) is 5.14. The number of carboxylic acid groups (broad SMARTS) is 1. The van der Waals surface area contributed by atoms with E-state index in [1.165, 1.54) is 0 Å². The number of sulfonamides is 1. The van der Waals surface area contributed by atoms with Crippen molar-refractivity contribution in [2.75, 3.05) is 19.1 Å². The van der Waals surface area contributed by atoms with Crippen molar-refractivity contribution in [2.45, 2.75) is 0 Å². The molecule has 0 fully saturated rings. The smallest absolute Gasteiger partial charge is 0.334 e. The normalized spacial score (nSPS) is 18.0. The molecule has 0 amide bonds. The molecule has 1 rings (SSSR count). The molecule has 0 bridgehead atoms. The predicted molar refractivity (Wildman–Crippen MR) is 65.9 cm³/mol. The molecule has 0 spiro atoms. The van der Waals surface area contributed by atoms with E-state index >= 15 is 0 Å². The van der Waals surface area contributed by atoms with Crippen molar-refractivity contribution in [3.05, 3.63) is 9.81 Å². The summed E-state index contributed by atoms with van der Waals surface area (Å²) in [5.74, 6) is -1.43. The maximum Gasteiger partial charge on any atom is 0.334 e. The summed E-state index contributed by atoms with van der Waals surface area (Å²) < 4.78 is 45.1. The van der Waals surface area contributed by atoms with Gasteiger partial charge >= 0.3 is 5.97 Å². The molecule has 0 saturated heterocycles. The maximum absolute atomic E-state index is 11.3. The Morgan fingerprint density at radius 3 is 2.00 bits per heavy atom. The van der Waals surface area contributed by atoms with E-state index < -0.39 is 42.2 Å². The monoisotopic (exact) mass is 323 g/mol. The van der Waals surface area contributed by atoms with Crippen molar-refractivity contribution in [2.24, 2.45) is 0 Å². The summed E-state index contributed by atoms with van der Waals surface area (Å²) in [6.45, 7) is -0.443. The predicted octanol–water partition coefficient (Wildman–Crippen LogP) is -0.328. The molecule has 1 N–H and O–H groups in total. The number of carboxylic acids is 1. The van der Waals surface area contributed by atoms with Crippen LogP contribution in [0.4, 0.5) is 0 Å². The molecule has 100 valence electrons. The zero-order chi connectivity index (χ0) is 12.7. The van der Waals surface area contributed by atoms with E-state index in [1.54, 1.807) is 0 Å². The molecule has 1 aliphatic rings. The fourth-order valence-corrected chi connectivity index (χ4v) is 4.33. The number of carbonyl (C=O) groups is 1. The number of rotatable bonds is 3. The molecule has 17 heavy (non-hydrogen) atoms. The van der Waals surface area contributed by atoms with Gasteiger partial charge in [0.2, 0.25) is 10.0 Å². The van der Waals surface area contributed by atoms with Crippen LogP contribution >= 0.6 is 24.4 Å². The van der Waals surface area contributed by atoms with Crippen LogP contribution in [0, 0.1) is 0 Å². The third kappa shape index (κ3) is 3.85. The molecule has 0 saturated carbocycles. The minimum absolute atomic E-state index is 0. The van der Waals surface area contributed by atoms with Gasteiger partial charge in [-0.3, -0.25) is 0 Å². The number of hydrogen-bond donors (Lipinski definition) is 1. The molecule has 0 radical (unpaired) electrons. The second-order valence-electron chi connectivity index (χ2n) is 3.16. The highest BCUT2D eigenvalue weighted by atomic mass is 35.5. The SMILES string of the molecule is CS(=O)(=O)C1=C(C(=O)O)CN(S(C)(=O)=O)S1.Cl. The molecule has 0 aromatic rings. The van der Waals surface area contributed by atoms with Gasteiger partial charge in [-0.1, -0.05) is 0 Å². The van der Waals surface area contributed by atoms with Crippen LogP contribution in [0.5, 0.6) is 0 Å². The van der Waals surface area contributed by atoms with Crippen molar-refractivity contribution in [1.82, 2.24) is 3.71 Å². The Morgan fingerprint density at radius 1 is 1.29 bits per heavy atom. The summed E-state index contributed by atoms with van der Waals surface area (Å²) in [5, 5.41) is 8.77. The Hall–Kier alpha value is -0.290. The van der Waals surface area contributed by atoms with E-state index in [9.17, 15) is 21.6 Å². The van der Waals surface area contributed by atoms with E-state index in [1.807, 2.05) is 0 Å². The standard InChI is InChI=1S/C6H9NO6S3.ClH/c1-15(10,11)6-4(5(8)9)3-7(14-6)16(2,12)13;/h3H2,1-2H3,(H,8,9);1H. The topological polar surface area (TPSA) is 109 Å². The lowest BCUT2D eigenvalue weighted by atomic mass is 10.3. The van der Waals surface area contributed by atoms with Crippen molar-refractivity contribution in [3.8, 4) is 0 Å². The first-order valence-corrected chi connectivity index (χ1v) is 8.37. The molecule has 7 nitrogen and oxygen atoms in total. The Balaban J connectivity index is 0.00000256. The highest BCUT2D eigenvalue weighted by molar-refractivity contribution is 8.21. The third-order valence-electron chi connectivity index (χ3n) is 1.68. The molecule has 1 aliphatic heterocycles. The van der Waals surface area contributed by atoms with Gasteiger partial charge in [-0.15, -0.1) is 16.1 Å². The number of nitrogens with zero attached hydrogens (tertiary/aromatic N) is 1. The van der Waals surface area contributed by atoms with E-state index in [0.29, 0.717) is 11.9 Å². The first-order valence-electron chi connectivity index (χ1n) is 3.85. The van der Waals surface area contributed by atoms with Crippen LogP contribution < -0.4 is 0 Å². The van der Waals surface area contributed by atoms with Crippen molar-refractivity contribution in [3.63, 3.8) is 0 Å².